The van der Waals surface area contributed by atoms with Crippen LogP contribution in [0, 0.1) is 0 Å². The molecule has 302 valence electrons. The number of rotatable bonds is 36. The number of carbonyl (C=O) groups is 2. The molecule has 0 aromatic heterocycles. The van der Waals surface area contributed by atoms with Gasteiger partial charge < -0.3 is 27.9 Å². The molecule has 52 heavy (non-hydrogen) atoms. The van der Waals surface area contributed by atoms with Crippen molar-refractivity contribution in [3.63, 3.8) is 0 Å². The van der Waals surface area contributed by atoms with Crippen LogP contribution in [0.2, 0.25) is 0 Å². The summed E-state index contributed by atoms with van der Waals surface area (Å²) in [5.74, 6) is -0.909. The molecule has 0 bridgehead atoms. The number of hydrogen-bond acceptors (Lipinski definition) is 8. The summed E-state index contributed by atoms with van der Waals surface area (Å²) in [5, 5.41) is 0. The van der Waals surface area contributed by atoms with Gasteiger partial charge in [0.05, 0.1) is 27.7 Å². The van der Waals surface area contributed by atoms with Gasteiger partial charge in [0.25, 0.3) is 7.82 Å². The average molecular weight is 754 g/mol. The lowest BCUT2D eigenvalue weighted by atomic mass is 10.1. The Balaban J connectivity index is 4.50. The van der Waals surface area contributed by atoms with Crippen LogP contribution < -0.4 is 4.89 Å². The Kier molecular flexibility index (Phi) is 33.4. The molecule has 0 radical (unpaired) electrons. The number of phosphoric ester groups is 1. The fourth-order valence-electron chi connectivity index (χ4n) is 5.07. The molecule has 0 heterocycles. The first-order valence-electron chi connectivity index (χ1n) is 20.3. The molecular weight excluding hydrogens is 677 g/mol. The number of phosphoric acid groups is 1. The second kappa shape index (κ2) is 34.7. The van der Waals surface area contributed by atoms with Gasteiger partial charge in [-0.2, -0.15) is 0 Å². The Bertz CT molecular complexity index is 1030. The van der Waals surface area contributed by atoms with E-state index in [0.29, 0.717) is 23.9 Å². The third kappa shape index (κ3) is 37.7. The normalized spacial score (nSPS) is 14.2. The number of hydrogen-bond donors (Lipinski definition) is 0. The smallest absolute Gasteiger partial charge is 0.306 e. The van der Waals surface area contributed by atoms with Crippen molar-refractivity contribution in [3.05, 3.63) is 48.6 Å². The number of carbonyl (C=O) groups excluding carboxylic acids is 2. The Morgan fingerprint density at radius 1 is 0.596 bits per heavy atom. The van der Waals surface area contributed by atoms with Crippen LogP contribution in [0.5, 0.6) is 0 Å². The molecule has 2 unspecified atom stereocenters. The molecule has 0 aliphatic carbocycles. The van der Waals surface area contributed by atoms with Crippen LogP contribution in [0.1, 0.15) is 155 Å². The Morgan fingerprint density at radius 2 is 1.06 bits per heavy atom. The lowest BCUT2D eigenvalue weighted by Crippen LogP contribution is -2.37. The molecule has 0 fully saturated rings. The maximum absolute atomic E-state index is 12.6. The fourth-order valence-corrected chi connectivity index (χ4v) is 5.80. The monoisotopic (exact) mass is 754 g/mol. The number of ether oxygens (including phenoxy) is 2. The molecule has 0 N–H and O–H groups in total. The molecule has 0 spiro atoms. The standard InChI is InChI=1S/C42H76NO8P/c1-6-8-10-12-14-16-18-20-21-23-24-26-28-30-32-34-41(44)48-38-40(39-50-52(46,47)49-37-36-43(3,4)5)51-42(45)35-33-31-29-27-25-22-19-17-15-13-11-9-7-2/h14,16,19-22,27,29,40H,6-13,15,17-18,23-26,28,30-39H2,1-5H3/b16-14-,21-20-,22-19-,29-27-. The van der Waals surface area contributed by atoms with Gasteiger partial charge in [0.1, 0.15) is 19.8 Å². The average Bonchev–Trinajstić information content (AvgIpc) is 3.09. The number of allylic oxidation sites excluding steroid dienone is 8. The van der Waals surface area contributed by atoms with Crippen LogP contribution in [-0.4, -0.2) is 70.0 Å². The van der Waals surface area contributed by atoms with Crippen molar-refractivity contribution in [1.29, 1.82) is 0 Å². The Morgan fingerprint density at radius 3 is 1.62 bits per heavy atom. The summed E-state index contributed by atoms with van der Waals surface area (Å²) in [6.45, 7) is 4.10. The molecular formula is C42H76NO8P. The van der Waals surface area contributed by atoms with E-state index in [9.17, 15) is 19.0 Å². The second-order valence-electron chi connectivity index (χ2n) is 14.6. The van der Waals surface area contributed by atoms with Gasteiger partial charge in [-0.05, 0) is 70.6 Å². The van der Waals surface area contributed by atoms with E-state index in [1.165, 1.54) is 57.8 Å². The zero-order valence-electron chi connectivity index (χ0n) is 33.7. The number of quaternary nitrogens is 1. The Labute approximate surface area is 318 Å². The van der Waals surface area contributed by atoms with E-state index in [1.807, 2.05) is 21.1 Å². The zero-order chi connectivity index (χ0) is 38.6. The quantitative estimate of drug-likeness (QED) is 0.0204. The fraction of sp³-hybridized carbons (Fsp3) is 0.762. The largest absolute Gasteiger partial charge is 0.756 e. The van der Waals surface area contributed by atoms with Crippen LogP contribution in [-0.2, 0) is 32.7 Å². The molecule has 0 amide bonds. The van der Waals surface area contributed by atoms with Crippen molar-refractivity contribution in [2.45, 2.75) is 161 Å². The zero-order valence-corrected chi connectivity index (χ0v) is 34.6. The maximum atomic E-state index is 12.6. The minimum atomic E-state index is -4.63. The molecule has 0 rings (SSSR count). The predicted molar refractivity (Wildman–Crippen MR) is 213 cm³/mol. The SMILES string of the molecule is CCCCC/C=C\C/C=C\CCCCCCCC(=O)OCC(COP(=O)([O-])OCC[N+](C)(C)C)OC(=O)CCC/C=C\C/C=C\CCCCCCC. The van der Waals surface area contributed by atoms with Crippen LogP contribution in [0.15, 0.2) is 48.6 Å². The molecule has 0 aliphatic heterocycles. The van der Waals surface area contributed by atoms with Gasteiger partial charge in [-0.15, -0.1) is 0 Å². The van der Waals surface area contributed by atoms with Crippen molar-refractivity contribution in [1.82, 2.24) is 0 Å². The van der Waals surface area contributed by atoms with E-state index in [1.54, 1.807) is 0 Å². The first-order valence-corrected chi connectivity index (χ1v) is 21.8. The van der Waals surface area contributed by atoms with E-state index in [2.05, 4.69) is 62.5 Å². The van der Waals surface area contributed by atoms with Crippen molar-refractivity contribution in [3.8, 4) is 0 Å². The highest BCUT2D eigenvalue weighted by atomic mass is 31.2. The summed E-state index contributed by atoms with van der Waals surface area (Å²) in [5.41, 5.74) is 0. The van der Waals surface area contributed by atoms with Crippen LogP contribution >= 0.6 is 7.82 Å². The Hall–Kier alpha value is -2.03. The number of esters is 2. The molecule has 0 saturated heterocycles. The van der Waals surface area contributed by atoms with Gasteiger partial charge in [-0.1, -0.05) is 120 Å². The van der Waals surface area contributed by atoms with Gasteiger partial charge in [0.15, 0.2) is 6.10 Å². The van der Waals surface area contributed by atoms with E-state index in [0.717, 1.165) is 57.8 Å². The van der Waals surface area contributed by atoms with Gasteiger partial charge in [0.2, 0.25) is 0 Å². The lowest BCUT2D eigenvalue weighted by molar-refractivity contribution is -0.870. The molecule has 0 aliphatic rings. The highest BCUT2D eigenvalue weighted by Gasteiger charge is 2.21. The van der Waals surface area contributed by atoms with Crippen LogP contribution in [0.4, 0.5) is 0 Å². The first-order chi connectivity index (χ1) is 25.0. The van der Waals surface area contributed by atoms with Gasteiger partial charge >= 0.3 is 11.9 Å². The van der Waals surface area contributed by atoms with Crippen molar-refractivity contribution in [2.24, 2.45) is 0 Å². The third-order valence-electron chi connectivity index (χ3n) is 8.32. The summed E-state index contributed by atoms with van der Waals surface area (Å²) in [7, 11) is 1.12. The second-order valence-corrected chi connectivity index (χ2v) is 16.1. The predicted octanol–water partition coefficient (Wildman–Crippen LogP) is 10.5. The highest BCUT2D eigenvalue weighted by Crippen LogP contribution is 2.38. The number of nitrogens with zero attached hydrogens (tertiary/aromatic N) is 1. The van der Waals surface area contributed by atoms with Crippen LogP contribution in [0.3, 0.4) is 0 Å². The maximum Gasteiger partial charge on any atom is 0.306 e. The van der Waals surface area contributed by atoms with E-state index in [-0.39, 0.29) is 26.1 Å². The van der Waals surface area contributed by atoms with Crippen molar-refractivity contribution >= 4 is 19.8 Å². The first kappa shape index (κ1) is 50.0. The lowest BCUT2D eigenvalue weighted by Gasteiger charge is -2.28. The topological polar surface area (TPSA) is 111 Å². The summed E-state index contributed by atoms with van der Waals surface area (Å²) in [4.78, 5) is 37.4. The molecule has 0 saturated carbocycles. The van der Waals surface area contributed by atoms with Crippen LogP contribution in [0.25, 0.3) is 0 Å². The minimum Gasteiger partial charge on any atom is -0.756 e. The summed E-state index contributed by atoms with van der Waals surface area (Å²) in [6.07, 6.45) is 38.6. The molecule has 0 aromatic carbocycles. The van der Waals surface area contributed by atoms with Crippen molar-refractivity contribution in [2.75, 3.05) is 47.5 Å². The summed E-state index contributed by atoms with van der Waals surface area (Å²) in [6, 6.07) is 0. The van der Waals surface area contributed by atoms with Gasteiger partial charge in [0, 0.05) is 12.8 Å². The highest BCUT2D eigenvalue weighted by molar-refractivity contribution is 7.45. The summed E-state index contributed by atoms with van der Waals surface area (Å²) >= 11 is 0. The van der Waals surface area contributed by atoms with E-state index in [4.69, 9.17) is 18.5 Å². The molecule has 9 nitrogen and oxygen atoms in total. The number of likely N-dealkylation sites (N-methyl/N-ethyl adjacent to an activating group) is 1. The summed E-state index contributed by atoms with van der Waals surface area (Å²) < 4.78 is 33.7. The molecule has 2 atom stereocenters. The minimum absolute atomic E-state index is 0.0420. The van der Waals surface area contributed by atoms with E-state index >= 15 is 0 Å². The molecule has 0 aromatic rings. The van der Waals surface area contributed by atoms with Gasteiger partial charge in [-0.25, -0.2) is 0 Å². The molecule has 10 heteroatoms. The van der Waals surface area contributed by atoms with E-state index < -0.39 is 32.5 Å². The third-order valence-corrected chi connectivity index (χ3v) is 9.29. The van der Waals surface area contributed by atoms with Gasteiger partial charge in [-0.3, -0.25) is 14.2 Å². The van der Waals surface area contributed by atoms with Crippen molar-refractivity contribution < 1.29 is 42.1 Å². The number of unbranched alkanes of at least 4 members (excludes halogenated alkanes) is 14.